The molecule has 0 saturated carbocycles. The first-order valence-electron chi connectivity index (χ1n) is 7.26. The Balaban J connectivity index is 2.93. The molecule has 1 aromatic rings. The van der Waals surface area contributed by atoms with Crippen molar-refractivity contribution >= 4 is 5.97 Å². The first kappa shape index (κ1) is 17.6. The second-order valence-corrected chi connectivity index (χ2v) is 6.42. The molecule has 0 saturated heterocycles. The van der Waals surface area contributed by atoms with Crippen LogP contribution in [0, 0.1) is 11.8 Å². The van der Waals surface area contributed by atoms with Crippen LogP contribution < -0.4 is 5.73 Å². The Morgan fingerprint density at radius 1 is 1.43 bits per heavy atom. The van der Waals surface area contributed by atoms with Gasteiger partial charge in [-0.05, 0) is 51.8 Å². The van der Waals surface area contributed by atoms with E-state index in [1.54, 1.807) is 24.4 Å². The van der Waals surface area contributed by atoms with Crippen molar-refractivity contribution in [3.8, 4) is 0 Å². The molecule has 0 aliphatic carbocycles. The number of ether oxygens (including phenoxy) is 1. The number of carbonyl (C=O) groups excluding carboxylic acids is 1. The highest BCUT2D eigenvalue weighted by atomic mass is 16.6. The van der Waals surface area contributed by atoms with E-state index >= 15 is 0 Å². The summed E-state index contributed by atoms with van der Waals surface area (Å²) in [5.41, 5.74) is 5.52. The lowest BCUT2D eigenvalue weighted by Crippen LogP contribution is -2.33. The number of nitrogens with two attached hydrogens (primary N) is 1. The monoisotopic (exact) mass is 294 g/mol. The molecule has 0 radical (unpaired) electrons. The number of aliphatic hydroxyl groups excluding tert-OH is 1. The summed E-state index contributed by atoms with van der Waals surface area (Å²) in [6.07, 6.45) is 1.07. The average Bonchev–Trinajstić information content (AvgIpc) is 2.42. The first-order chi connectivity index (χ1) is 9.74. The topological polar surface area (TPSA) is 85.4 Å². The number of esters is 1. The van der Waals surface area contributed by atoms with Crippen LogP contribution in [-0.4, -0.2) is 28.2 Å². The number of aromatic nitrogens is 1. The van der Waals surface area contributed by atoms with Gasteiger partial charge in [-0.15, -0.1) is 0 Å². The van der Waals surface area contributed by atoms with E-state index in [9.17, 15) is 9.90 Å². The molecule has 0 fully saturated rings. The molecule has 3 N–H and O–H groups in total. The van der Waals surface area contributed by atoms with Crippen LogP contribution in [0.1, 0.15) is 45.9 Å². The van der Waals surface area contributed by atoms with Gasteiger partial charge >= 0.3 is 5.97 Å². The maximum Gasteiger partial charge on any atom is 0.312 e. The van der Waals surface area contributed by atoms with Crippen LogP contribution in [0.4, 0.5) is 0 Å². The number of nitrogens with zero attached hydrogens (tertiary/aromatic N) is 1. The van der Waals surface area contributed by atoms with Crippen molar-refractivity contribution in [1.29, 1.82) is 0 Å². The minimum Gasteiger partial charge on any atom is -0.460 e. The molecule has 0 amide bonds. The molecular weight excluding hydrogens is 268 g/mol. The van der Waals surface area contributed by atoms with E-state index in [0.717, 1.165) is 0 Å². The molecule has 118 valence electrons. The van der Waals surface area contributed by atoms with Crippen molar-refractivity contribution in [1.82, 2.24) is 4.98 Å². The lowest BCUT2D eigenvalue weighted by Gasteiger charge is -2.28. The molecule has 0 bridgehead atoms. The van der Waals surface area contributed by atoms with Gasteiger partial charge in [0.2, 0.25) is 0 Å². The maximum atomic E-state index is 12.4. The predicted molar refractivity (Wildman–Crippen MR) is 81.4 cm³/mol. The van der Waals surface area contributed by atoms with Crippen molar-refractivity contribution in [2.45, 2.75) is 45.8 Å². The molecule has 0 aliphatic rings. The summed E-state index contributed by atoms with van der Waals surface area (Å²) >= 11 is 0. The van der Waals surface area contributed by atoms with Gasteiger partial charge in [-0.1, -0.05) is 13.0 Å². The van der Waals surface area contributed by atoms with E-state index in [-0.39, 0.29) is 5.92 Å². The second-order valence-electron chi connectivity index (χ2n) is 6.42. The molecule has 1 aromatic heterocycles. The fourth-order valence-corrected chi connectivity index (χ4v) is 2.02. The maximum absolute atomic E-state index is 12.4. The van der Waals surface area contributed by atoms with E-state index in [2.05, 4.69) is 4.98 Å². The van der Waals surface area contributed by atoms with E-state index in [0.29, 0.717) is 18.7 Å². The molecule has 5 heteroatoms. The van der Waals surface area contributed by atoms with Crippen molar-refractivity contribution in [3.63, 3.8) is 0 Å². The molecule has 21 heavy (non-hydrogen) atoms. The molecule has 0 aliphatic heterocycles. The minimum atomic E-state index is -0.991. The van der Waals surface area contributed by atoms with Gasteiger partial charge in [0.15, 0.2) is 0 Å². The molecule has 0 spiro atoms. The third kappa shape index (κ3) is 5.81. The van der Waals surface area contributed by atoms with Gasteiger partial charge in [0.25, 0.3) is 0 Å². The summed E-state index contributed by atoms with van der Waals surface area (Å²) in [6, 6.07) is 5.25. The molecule has 5 nitrogen and oxygen atoms in total. The Morgan fingerprint density at radius 3 is 2.57 bits per heavy atom. The van der Waals surface area contributed by atoms with Gasteiger partial charge < -0.3 is 15.6 Å². The fourth-order valence-electron chi connectivity index (χ4n) is 2.02. The van der Waals surface area contributed by atoms with Crippen LogP contribution in [-0.2, 0) is 9.53 Å². The molecule has 1 heterocycles. The highest BCUT2D eigenvalue weighted by molar-refractivity contribution is 5.73. The van der Waals surface area contributed by atoms with Crippen LogP contribution >= 0.6 is 0 Å². The normalized spacial score (nSPS) is 16.1. The lowest BCUT2D eigenvalue weighted by molar-refractivity contribution is -0.165. The molecule has 3 atom stereocenters. The average molecular weight is 294 g/mol. The van der Waals surface area contributed by atoms with Crippen molar-refractivity contribution in [2.75, 3.05) is 6.54 Å². The van der Waals surface area contributed by atoms with Crippen molar-refractivity contribution in [2.24, 2.45) is 17.6 Å². The number of rotatable bonds is 6. The Hall–Kier alpha value is -1.46. The van der Waals surface area contributed by atoms with E-state index in [1.165, 1.54) is 0 Å². The Kier molecular flexibility index (Phi) is 6.30. The van der Waals surface area contributed by atoms with Gasteiger partial charge in [-0.25, -0.2) is 0 Å². The Morgan fingerprint density at radius 2 is 2.10 bits per heavy atom. The van der Waals surface area contributed by atoms with Crippen LogP contribution in [0.2, 0.25) is 0 Å². The number of hydrogen-bond donors (Lipinski definition) is 2. The van der Waals surface area contributed by atoms with Gasteiger partial charge in [0.05, 0.1) is 11.6 Å². The summed E-state index contributed by atoms with van der Waals surface area (Å²) in [5.74, 6) is -0.973. The highest BCUT2D eigenvalue weighted by Gasteiger charge is 2.33. The first-order valence-corrected chi connectivity index (χ1v) is 7.26. The largest absolute Gasteiger partial charge is 0.460 e. The zero-order chi connectivity index (χ0) is 16.0. The summed E-state index contributed by atoms with van der Waals surface area (Å²) in [7, 11) is 0. The van der Waals surface area contributed by atoms with Crippen molar-refractivity contribution in [3.05, 3.63) is 30.1 Å². The van der Waals surface area contributed by atoms with Crippen molar-refractivity contribution < 1.29 is 14.6 Å². The quantitative estimate of drug-likeness (QED) is 0.784. The number of aliphatic hydroxyl groups is 1. The zero-order valence-electron chi connectivity index (χ0n) is 13.2. The minimum absolute atomic E-state index is 0.112. The summed E-state index contributed by atoms with van der Waals surface area (Å²) < 4.78 is 5.42. The van der Waals surface area contributed by atoms with E-state index < -0.39 is 23.6 Å². The SMILES string of the molecule is CC(CN)CC(C(=O)OC(C)(C)C)C(O)c1ccccn1. The summed E-state index contributed by atoms with van der Waals surface area (Å²) in [6.45, 7) is 7.82. The third-order valence-electron chi connectivity index (χ3n) is 3.14. The molecule has 3 unspecified atom stereocenters. The predicted octanol–water partition coefficient (Wildman–Crippen LogP) is 2.06. The zero-order valence-corrected chi connectivity index (χ0v) is 13.2. The second kappa shape index (κ2) is 7.52. The number of hydrogen-bond acceptors (Lipinski definition) is 5. The molecular formula is C16H26N2O3. The summed E-state index contributed by atoms with van der Waals surface area (Å²) in [4.78, 5) is 16.5. The Labute approximate surface area is 126 Å². The third-order valence-corrected chi connectivity index (χ3v) is 3.14. The van der Waals surface area contributed by atoms with Gasteiger partial charge in [-0.2, -0.15) is 0 Å². The highest BCUT2D eigenvalue weighted by Crippen LogP contribution is 2.28. The fraction of sp³-hybridized carbons (Fsp3) is 0.625. The van der Waals surface area contributed by atoms with E-state index in [1.807, 2.05) is 27.7 Å². The molecule has 0 aromatic carbocycles. The smallest absolute Gasteiger partial charge is 0.312 e. The van der Waals surface area contributed by atoms with Crippen LogP contribution in [0.3, 0.4) is 0 Å². The van der Waals surface area contributed by atoms with Crippen LogP contribution in [0.25, 0.3) is 0 Å². The number of carbonyl (C=O) groups is 1. The van der Waals surface area contributed by atoms with Crippen LogP contribution in [0.15, 0.2) is 24.4 Å². The van der Waals surface area contributed by atoms with Gasteiger partial charge in [0, 0.05) is 6.20 Å². The van der Waals surface area contributed by atoms with E-state index in [4.69, 9.17) is 10.5 Å². The summed E-state index contributed by atoms with van der Waals surface area (Å²) in [5, 5.41) is 10.5. The van der Waals surface area contributed by atoms with Gasteiger partial charge in [0.1, 0.15) is 11.7 Å². The van der Waals surface area contributed by atoms with Gasteiger partial charge in [-0.3, -0.25) is 9.78 Å². The molecule has 1 rings (SSSR count). The standard InChI is InChI=1S/C16H26N2O3/c1-11(10-17)9-12(15(20)21-16(2,3)4)14(19)13-7-5-6-8-18-13/h5-8,11-12,14,19H,9-10,17H2,1-4H3. The Bertz CT molecular complexity index is 443. The lowest BCUT2D eigenvalue weighted by atomic mass is 9.89. The van der Waals surface area contributed by atoms with Crippen LogP contribution in [0.5, 0.6) is 0 Å². The number of pyridine rings is 1.